The zero-order valence-electron chi connectivity index (χ0n) is 7.27. The normalized spacial score (nSPS) is 16.1. The molecule has 68 valence electrons. The minimum atomic E-state index is 0.248. The summed E-state index contributed by atoms with van der Waals surface area (Å²) in [6.07, 6.45) is 0. The van der Waals surface area contributed by atoms with E-state index in [1.807, 2.05) is 6.92 Å². The lowest BCUT2D eigenvalue weighted by Crippen LogP contribution is -2.22. The SMILES string of the molecule is CC1=NCON1c1ccc(O)cc1. The summed E-state index contributed by atoms with van der Waals surface area (Å²) in [5.74, 6) is 1.07. The summed E-state index contributed by atoms with van der Waals surface area (Å²) in [5, 5.41) is 10.7. The van der Waals surface area contributed by atoms with Crippen LogP contribution in [0.3, 0.4) is 0 Å². The van der Waals surface area contributed by atoms with E-state index in [1.54, 1.807) is 29.3 Å². The maximum atomic E-state index is 9.08. The molecule has 0 saturated heterocycles. The first-order chi connectivity index (χ1) is 6.27. The van der Waals surface area contributed by atoms with Gasteiger partial charge < -0.3 is 5.11 Å². The van der Waals surface area contributed by atoms with Gasteiger partial charge in [-0.2, -0.15) is 0 Å². The highest BCUT2D eigenvalue weighted by Crippen LogP contribution is 2.21. The van der Waals surface area contributed by atoms with E-state index in [-0.39, 0.29) is 5.75 Å². The van der Waals surface area contributed by atoms with Crippen molar-refractivity contribution in [2.45, 2.75) is 6.92 Å². The molecule has 0 unspecified atom stereocenters. The molecule has 0 amide bonds. The van der Waals surface area contributed by atoms with E-state index in [9.17, 15) is 0 Å². The van der Waals surface area contributed by atoms with Gasteiger partial charge in [-0.05, 0) is 31.2 Å². The molecule has 0 saturated carbocycles. The molecule has 0 spiro atoms. The van der Waals surface area contributed by atoms with Crippen LogP contribution < -0.4 is 5.06 Å². The number of nitrogens with zero attached hydrogens (tertiary/aromatic N) is 2. The minimum absolute atomic E-state index is 0.248. The van der Waals surface area contributed by atoms with Crippen molar-refractivity contribution in [3.63, 3.8) is 0 Å². The smallest absolute Gasteiger partial charge is 0.167 e. The van der Waals surface area contributed by atoms with Crippen molar-refractivity contribution in [2.75, 3.05) is 11.8 Å². The number of hydroxylamine groups is 1. The Kier molecular flexibility index (Phi) is 1.90. The van der Waals surface area contributed by atoms with Gasteiger partial charge in [0.2, 0.25) is 0 Å². The van der Waals surface area contributed by atoms with Gasteiger partial charge in [0.1, 0.15) is 11.6 Å². The molecule has 0 aromatic heterocycles. The summed E-state index contributed by atoms with van der Waals surface area (Å²) in [4.78, 5) is 9.31. The molecule has 1 aliphatic rings. The van der Waals surface area contributed by atoms with Crippen LogP contribution in [0.15, 0.2) is 29.3 Å². The lowest BCUT2D eigenvalue weighted by atomic mass is 10.3. The number of aromatic hydroxyl groups is 1. The van der Waals surface area contributed by atoms with Crippen LogP contribution in [0.4, 0.5) is 5.69 Å². The van der Waals surface area contributed by atoms with Crippen LogP contribution in [-0.2, 0) is 4.84 Å². The minimum Gasteiger partial charge on any atom is -0.508 e. The Bertz CT molecular complexity index is 332. The van der Waals surface area contributed by atoms with Crippen LogP contribution in [0.1, 0.15) is 6.92 Å². The lowest BCUT2D eigenvalue weighted by Gasteiger charge is -2.15. The Hall–Kier alpha value is -1.55. The first-order valence-electron chi connectivity index (χ1n) is 4.00. The third kappa shape index (κ3) is 1.48. The summed E-state index contributed by atoms with van der Waals surface area (Å²) in [6.45, 7) is 2.24. The molecule has 0 fully saturated rings. The van der Waals surface area contributed by atoms with Gasteiger partial charge >= 0.3 is 0 Å². The second kappa shape index (κ2) is 3.06. The van der Waals surface area contributed by atoms with Gasteiger partial charge in [0, 0.05) is 0 Å². The molecule has 1 heterocycles. The molecular weight excluding hydrogens is 168 g/mol. The first-order valence-corrected chi connectivity index (χ1v) is 4.00. The second-order valence-corrected chi connectivity index (χ2v) is 2.77. The highest BCUT2D eigenvalue weighted by molar-refractivity contribution is 5.94. The average molecular weight is 178 g/mol. The lowest BCUT2D eigenvalue weighted by molar-refractivity contribution is 0.173. The maximum absolute atomic E-state index is 9.08. The third-order valence-corrected chi connectivity index (χ3v) is 1.86. The van der Waals surface area contributed by atoms with Crippen molar-refractivity contribution in [3.8, 4) is 5.75 Å². The van der Waals surface area contributed by atoms with E-state index in [2.05, 4.69) is 4.99 Å². The van der Waals surface area contributed by atoms with E-state index in [1.165, 1.54) is 0 Å². The van der Waals surface area contributed by atoms with Crippen LogP contribution >= 0.6 is 0 Å². The van der Waals surface area contributed by atoms with E-state index in [0.29, 0.717) is 6.73 Å². The van der Waals surface area contributed by atoms with Gasteiger partial charge in [-0.1, -0.05) is 0 Å². The number of phenols is 1. The van der Waals surface area contributed by atoms with Gasteiger partial charge in [0.25, 0.3) is 0 Å². The van der Waals surface area contributed by atoms with Crippen molar-refractivity contribution in [1.29, 1.82) is 0 Å². The Balaban J connectivity index is 2.26. The van der Waals surface area contributed by atoms with Crippen LogP contribution in [0.2, 0.25) is 0 Å². The topological polar surface area (TPSA) is 45.1 Å². The molecule has 1 N–H and O–H groups in total. The molecule has 4 heteroatoms. The highest BCUT2D eigenvalue weighted by atomic mass is 16.7. The molecule has 1 aliphatic heterocycles. The van der Waals surface area contributed by atoms with E-state index >= 15 is 0 Å². The first kappa shape index (κ1) is 8.07. The summed E-state index contributed by atoms with van der Waals surface area (Å²) >= 11 is 0. The number of amidine groups is 1. The predicted octanol–water partition coefficient (Wildman–Crippen LogP) is 1.52. The molecule has 0 radical (unpaired) electrons. The summed E-state index contributed by atoms with van der Waals surface area (Å²) in [7, 11) is 0. The third-order valence-electron chi connectivity index (χ3n) is 1.86. The van der Waals surface area contributed by atoms with Crippen molar-refractivity contribution in [3.05, 3.63) is 24.3 Å². The maximum Gasteiger partial charge on any atom is 0.167 e. The van der Waals surface area contributed by atoms with Gasteiger partial charge in [-0.15, -0.1) is 0 Å². The fraction of sp³-hybridized carbons (Fsp3) is 0.222. The van der Waals surface area contributed by atoms with Gasteiger partial charge in [-0.25, -0.2) is 14.9 Å². The predicted molar refractivity (Wildman–Crippen MR) is 49.6 cm³/mol. The second-order valence-electron chi connectivity index (χ2n) is 2.77. The highest BCUT2D eigenvalue weighted by Gasteiger charge is 2.15. The summed E-state index contributed by atoms with van der Waals surface area (Å²) < 4.78 is 0. The number of hydrogen-bond donors (Lipinski definition) is 1. The van der Waals surface area contributed by atoms with Crippen molar-refractivity contribution in [1.82, 2.24) is 0 Å². The molecule has 13 heavy (non-hydrogen) atoms. The molecule has 2 rings (SSSR count). The standard InChI is InChI=1S/C9H10N2O2/c1-7-10-6-13-11(7)8-2-4-9(12)5-3-8/h2-5,12H,6H2,1H3. The van der Waals surface area contributed by atoms with E-state index < -0.39 is 0 Å². The zero-order chi connectivity index (χ0) is 9.26. The van der Waals surface area contributed by atoms with Crippen molar-refractivity contribution < 1.29 is 9.94 Å². The van der Waals surface area contributed by atoms with Gasteiger partial charge in [0.15, 0.2) is 6.73 Å². The van der Waals surface area contributed by atoms with E-state index in [0.717, 1.165) is 11.5 Å². The van der Waals surface area contributed by atoms with Crippen LogP contribution in [-0.4, -0.2) is 17.7 Å². The van der Waals surface area contributed by atoms with Crippen LogP contribution in [0.5, 0.6) is 5.75 Å². The molecule has 0 aliphatic carbocycles. The number of benzene rings is 1. The van der Waals surface area contributed by atoms with Crippen molar-refractivity contribution >= 4 is 11.5 Å². The Morgan fingerprint density at radius 2 is 2.08 bits per heavy atom. The number of rotatable bonds is 1. The molecule has 1 aromatic carbocycles. The summed E-state index contributed by atoms with van der Waals surface area (Å²) in [6, 6.07) is 6.79. The Labute approximate surface area is 76.0 Å². The quantitative estimate of drug-likeness (QED) is 0.709. The fourth-order valence-corrected chi connectivity index (χ4v) is 1.19. The van der Waals surface area contributed by atoms with E-state index in [4.69, 9.17) is 9.94 Å². The largest absolute Gasteiger partial charge is 0.508 e. The molecule has 0 atom stereocenters. The van der Waals surface area contributed by atoms with Crippen molar-refractivity contribution in [2.24, 2.45) is 4.99 Å². The van der Waals surface area contributed by atoms with Crippen LogP contribution in [0, 0.1) is 0 Å². The van der Waals surface area contributed by atoms with Gasteiger partial charge in [0.05, 0.1) is 5.69 Å². The number of phenolic OH excluding ortho intramolecular Hbond substituents is 1. The molecule has 4 nitrogen and oxygen atoms in total. The van der Waals surface area contributed by atoms with Crippen LogP contribution in [0.25, 0.3) is 0 Å². The number of hydrogen-bond acceptors (Lipinski definition) is 4. The fourth-order valence-electron chi connectivity index (χ4n) is 1.19. The molecule has 1 aromatic rings. The number of anilines is 1. The molecular formula is C9H10N2O2. The monoisotopic (exact) mass is 178 g/mol. The zero-order valence-corrected chi connectivity index (χ0v) is 7.27. The average Bonchev–Trinajstić information content (AvgIpc) is 2.53. The number of aliphatic imine (C=N–C) groups is 1. The Morgan fingerprint density at radius 1 is 1.38 bits per heavy atom. The molecule has 0 bridgehead atoms. The Morgan fingerprint density at radius 3 is 2.62 bits per heavy atom. The summed E-state index contributed by atoms with van der Waals surface area (Å²) in [5.41, 5.74) is 0.872. The van der Waals surface area contributed by atoms with Gasteiger partial charge in [-0.3, -0.25) is 0 Å².